The second-order valence-electron chi connectivity index (χ2n) is 9.76. The summed E-state index contributed by atoms with van der Waals surface area (Å²) in [5, 5.41) is 13.7. The molecule has 0 fully saturated rings. The predicted molar refractivity (Wildman–Crippen MR) is 173 cm³/mol. The molecule has 4 rings (SSSR count). The van der Waals surface area contributed by atoms with Crippen molar-refractivity contribution in [3.63, 3.8) is 0 Å². The van der Waals surface area contributed by atoms with E-state index in [1.807, 2.05) is 0 Å². The number of carbonyl (C=O) groups excluding carboxylic acids is 2. The topological polar surface area (TPSA) is 227 Å². The van der Waals surface area contributed by atoms with E-state index in [4.69, 9.17) is 37.8 Å². The monoisotopic (exact) mass is 778 g/mol. The van der Waals surface area contributed by atoms with Crippen molar-refractivity contribution in [2.24, 2.45) is 0 Å². The molecule has 3 N–H and O–H groups in total. The SMILES string of the molecule is CCOC(=O)C(Cl)Cc1cc(-n2nc(C)n(C(F)F)c2=O)c(F)cc1Cl.COc1nc(C)nc(NC(=O)NS(=O)(=O)c2ccccc2C(=O)O)n1. The Morgan fingerprint density at radius 1 is 1.10 bits per heavy atom. The van der Waals surface area contributed by atoms with Gasteiger partial charge in [-0.3, -0.25) is 10.1 Å². The normalized spacial score (nSPS) is 11.6. The number of carbonyl (C=O) groups is 3. The van der Waals surface area contributed by atoms with Crippen LogP contribution in [0, 0.1) is 19.7 Å². The molecule has 1 unspecified atom stereocenters. The van der Waals surface area contributed by atoms with Gasteiger partial charge in [0, 0.05) is 11.4 Å². The van der Waals surface area contributed by atoms with Crippen LogP contribution < -0.4 is 20.5 Å². The Kier molecular flexibility index (Phi) is 13.5. The van der Waals surface area contributed by atoms with Gasteiger partial charge in [0.15, 0.2) is 5.82 Å². The first-order chi connectivity index (χ1) is 23.9. The minimum absolute atomic E-state index is 0.0424. The average molecular weight is 780 g/mol. The third kappa shape index (κ3) is 10.1. The molecule has 0 radical (unpaired) electrons. The standard InChI is InChI=1S/C15H14Cl2F3N3O3.C13H13N5O6S/c1-3-26-13(24)10(17)4-8-5-12(11(18)6-9(8)16)23-15(25)22(14(19)20)7(2)21-23;1-7-14-11(17-13(15-7)24-2)16-12(21)18-25(22,23)9-6-4-3-5-8(9)10(19)20/h5-6,10,14H,3-4H2,1-2H3;3-6H,1-2H3,(H,19,20)(H2,14,15,16,17,18,21). The number of nitrogens with one attached hydrogen (secondary N) is 2. The molecule has 0 aliphatic heterocycles. The zero-order chi connectivity index (χ0) is 38.2. The van der Waals surface area contributed by atoms with Gasteiger partial charge in [-0.25, -0.2) is 36.5 Å². The minimum atomic E-state index is -4.43. The van der Waals surface area contributed by atoms with Gasteiger partial charge in [0.05, 0.1) is 19.3 Å². The van der Waals surface area contributed by atoms with Crippen LogP contribution in [0.15, 0.2) is 46.1 Å². The lowest BCUT2D eigenvalue weighted by Gasteiger charge is -2.12. The van der Waals surface area contributed by atoms with Gasteiger partial charge in [-0.1, -0.05) is 23.7 Å². The van der Waals surface area contributed by atoms with Gasteiger partial charge in [0.2, 0.25) is 5.95 Å². The molecule has 17 nitrogen and oxygen atoms in total. The van der Waals surface area contributed by atoms with E-state index in [0.717, 1.165) is 24.3 Å². The summed E-state index contributed by atoms with van der Waals surface area (Å²) in [6, 6.07) is 5.65. The number of hydrogen-bond donors (Lipinski definition) is 3. The quantitative estimate of drug-likeness (QED) is 0.146. The maximum Gasteiger partial charge on any atom is 0.355 e. The molecule has 4 aromatic rings. The van der Waals surface area contributed by atoms with Crippen LogP contribution in [0.2, 0.25) is 5.02 Å². The van der Waals surface area contributed by atoms with E-state index in [2.05, 4.69) is 25.4 Å². The van der Waals surface area contributed by atoms with Crippen molar-refractivity contribution in [3.05, 3.63) is 80.5 Å². The number of hydrogen-bond acceptors (Lipinski definition) is 12. The fourth-order valence-corrected chi connectivity index (χ4v) is 5.62. The lowest BCUT2D eigenvalue weighted by atomic mass is 10.1. The number of nitrogens with zero attached hydrogens (tertiary/aromatic N) is 6. The Bertz CT molecular complexity index is 2120. The van der Waals surface area contributed by atoms with Gasteiger partial charge in [0.25, 0.3) is 10.0 Å². The predicted octanol–water partition coefficient (Wildman–Crippen LogP) is 3.64. The number of carboxylic acid groups (broad SMARTS) is 1. The number of methoxy groups -OCH3 is 1. The highest BCUT2D eigenvalue weighted by atomic mass is 35.5. The lowest BCUT2D eigenvalue weighted by Crippen LogP contribution is -2.35. The number of urea groups is 1. The molecule has 0 saturated heterocycles. The molecule has 0 aliphatic rings. The summed E-state index contributed by atoms with van der Waals surface area (Å²) in [4.78, 5) is 57.5. The summed E-state index contributed by atoms with van der Waals surface area (Å²) in [6.45, 7) is 1.33. The van der Waals surface area contributed by atoms with Crippen molar-refractivity contribution in [2.75, 3.05) is 19.0 Å². The smallest absolute Gasteiger partial charge is 0.355 e. The van der Waals surface area contributed by atoms with Crippen molar-refractivity contribution in [1.82, 2.24) is 34.0 Å². The van der Waals surface area contributed by atoms with Crippen molar-refractivity contribution >= 4 is 57.1 Å². The number of aryl methyl sites for hydroxylation is 2. The third-order valence-electron chi connectivity index (χ3n) is 6.23. The number of halogens is 5. The van der Waals surface area contributed by atoms with Crippen molar-refractivity contribution < 1.29 is 50.6 Å². The molecule has 274 valence electrons. The minimum Gasteiger partial charge on any atom is -0.478 e. The van der Waals surface area contributed by atoms with Crippen molar-refractivity contribution in [1.29, 1.82) is 0 Å². The molecule has 0 aliphatic carbocycles. The maximum absolute atomic E-state index is 14.2. The number of amides is 2. The Balaban J connectivity index is 0.000000276. The van der Waals surface area contributed by atoms with Gasteiger partial charge in [0.1, 0.15) is 27.6 Å². The zero-order valence-corrected chi connectivity index (χ0v) is 29.1. The molecular weight excluding hydrogens is 752 g/mol. The van der Waals surface area contributed by atoms with Gasteiger partial charge < -0.3 is 14.6 Å². The number of rotatable bonds is 11. The first kappa shape index (κ1) is 40.2. The number of benzene rings is 2. The lowest BCUT2D eigenvalue weighted by molar-refractivity contribution is -0.142. The third-order valence-corrected chi connectivity index (χ3v) is 8.30. The van der Waals surface area contributed by atoms with E-state index in [-0.39, 0.29) is 57.5 Å². The number of carboxylic acids is 1. The number of aromatic nitrogens is 6. The fraction of sp³-hybridized carbons (Fsp3) is 0.286. The van der Waals surface area contributed by atoms with Crippen LogP contribution in [-0.2, 0) is 26.0 Å². The van der Waals surface area contributed by atoms with Gasteiger partial charge in [-0.2, -0.15) is 28.4 Å². The first-order valence-electron chi connectivity index (χ1n) is 14.1. The average Bonchev–Trinajstić information content (AvgIpc) is 3.35. The number of sulfonamides is 1. The molecule has 2 aromatic carbocycles. The van der Waals surface area contributed by atoms with Crippen LogP contribution in [0.3, 0.4) is 0 Å². The largest absolute Gasteiger partial charge is 0.478 e. The number of ether oxygens (including phenoxy) is 2. The van der Waals surface area contributed by atoms with E-state index in [1.54, 1.807) is 11.6 Å². The maximum atomic E-state index is 14.2. The van der Waals surface area contributed by atoms with E-state index in [0.29, 0.717) is 4.68 Å². The van der Waals surface area contributed by atoms with E-state index in [9.17, 15) is 40.8 Å². The Morgan fingerprint density at radius 3 is 2.35 bits per heavy atom. The van der Waals surface area contributed by atoms with Crippen molar-refractivity contribution in [3.8, 4) is 11.7 Å². The molecule has 2 heterocycles. The number of anilines is 1. The Hall–Kier alpha value is -5.28. The molecule has 0 saturated carbocycles. The van der Waals surface area contributed by atoms with Crippen LogP contribution in [0.5, 0.6) is 6.01 Å². The molecule has 51 heavy (non-hydrogen) atoms. The van der Waals surface area contributed by atoms with Crippen molar-refractivity contribution in [2.45, 2.75) is 44.0 Å². The van der Waals surface area contributed by atoms with Crippen LogP contribution >= 0.6 is 23.2 Å². The second kappa shape index (κ2) is 17.1. The molecule has 1 atom stereocenters. The summed E-state index contributed by atoms with van der Waals surface area (Å²) < 4.78 is 76.5. The fourth-order valence-electron chi connectivity index (χ4n) is 4.05. The summed E-state index contributed by atoms with van der Waals surface area (Å²) in [5.41, 5.74) is -1.84. The van der Waals surface area contributed by atoms with E-state index < -0.39 is 61.9 Å². The molecule has 0 spiro atoms. The number of esters is 1. The highest BCUT2D eigenvalue weighted by Crippen LogP contribution is 2.26. The molecule has 2 aromatic heterocycles. The van der Waals surface area contributed by atoms with Crippen LogP contribution in [0.1, 0.15) is 41.0 Å². The van der Waals surface area contributed by atoms with Crippen LogP contribution in [0.25, 0.3) is 5.69 Å². The number of alkyl halides is 3. The van der Waals surface area contributed by atoms with E-state index in [1.165, 1.54) is 33.1 Å². The first-order valence-corrected chi connectivity index (χ1v) is 16.4. The Morgan fingerprint density at radius 2 is 1.76 bits per heavy atom. The van der Waals surface area contributed by atoms with Crippen LogP contribution in [0.4, 0.5) is 23.9 Å². The molecular formula is C28H27Cl2F3N8O9S. The van der Waals surface area contributed by atoms with Gasteiger partial charge >= 0.3 is 36.2 Å². The zero-order valence-electron chi connectivity index (χ0n) is 26.7. The van der Waals surface area contributed by atoms with Crippen LogP contribution in [-0.4, -0.2) is 79.9 Å². The highest BCUT2D eigenvalue weighted by molar-refractivity contribution is 7.90. The summed E-state index contributed by atoms with van der Waals surface area (Å²) in [7, 11) is -3.11. The number of aromatic carboxylic acids is 1. The van der Waals surface area contributed by atoms with E-state index >= 15 is 0 Å². The molecule has 0 bridgehead atoms. The molecule has 2 amide bonds. The summed E-state index contributed by atoms with van der Waals surface area (Å²) in [6.07, 6.45) is -0.115. The molecule has 23 heteroatoms. The van der Waals surface area contributed by atoms with Gasteiger partial charge in [-0.05, 0) is 50.6 Å². The Labute approximate surface area is 296 Å². The highest BCUT2D eigenvalue weighted by Gasteiger charge is 2.25. The summed E-state index contributed by atoms with van der Waals surface area (Å²) >= 11 is 11.9. The summed E-state index contributed by atoms with van der Waals surface area (Å²) in [5.74, 6) is -3.36. The van der Waals surface area contributed by atoms with Gasteiger partial charge in [-0.15, -0.1) is 16.7 Å². The second-order valence-corrected chi connectivity index (χ2v) is 12.3.